The van der Waals surface area contributed by atoms with Gasteiger partial charge in [0, 0.05) is 42.6 Å². The monoisotopic (exact) mass is 328 g/mol. The minimum atomic E-state index is -0.345. The average molecular weight is 328 g/mol. The summed E-state index contributed by atoms with van der Waals surface area (Å²) in [5.74, 6) is 0. The molecule has 0 saturated carbocycles. The fourth-order valence-electron chi connectivity index (χ4n) is 2.67. The molecule has 2 N–H and O–H groups in total. The Morgan fingerprint density at radius 1 is 1.12 bits per heavy atom. The van der Waals surface area contributed by atoms with Gasteiger partial charge in [0.2, 0.25) is 0 Å². The Kier molecular flexibility index (Phi) is 5.25. The van der Waals surface area contributed by atoms with Crippen LogP contribution in [0.5, 0.6) is 0 Å². The lowest BCUT2D eigenvalue weighted by molar-refractivity contribution is -0.385. The quantitative estimate of drug-likeness (QED) is 0.627. The van der Waals surface area contributed by atoms with Crippen molar-refractivity contribution in [2.45, 2.75) is 6.54 Å². The summed E-state index contributed by atoms with van der Waals surface area (Å²) in [6.45, 7) is 3.31. The van der Waals surface area contributed by atoms with E-state index in [0.29, 0.717) is 25.3 Å². The third-order valence-electron chi connectivity index (χ3n) is 3.92. The lowest BCUT2D eigenvalue weighted by Crippen LogP contribution is -2.36. The number of ether oxygens (including phenoxy) is 1. The van der Waals surface area contributed by atoms with Gasteiger partial charge in [-0.25, -0.2) is 5.43 Å². The van der Waals surface area contributed by atoms with Crippen molar-refractivity contribution < 1.29 is 9.66 Å². The molecular weight excluding hydrogens is 308 g/mol. The van der Waals surface area contributed by atoms with Gasteiger partial charge < -0.3 is 15.1 Å². The molecule has 7 nitrogen and oxygen atoms in total. The van der Waals surface area contributed by atoms with Crippen LogP contribution in [0.4, 0.5) is 17.1 Å². The standard InChI is InChI=1S/C17H20N4O3/c22-21(23)17-7-6-16(20-8-10-24-11-9-20)12-14(17)13-18-19-15-4-2-1-3-5-15/h1-7,12,18-19H,8-11,13H2. The van der Waals surface area contributed by atoms with E-state index in [1.54, 1.807) is 12.1 Å². The summed E-state index contributed by atoms with van der Waals surface area (Å²) in [5, 5.41) is 11.3. The predicted octanol–water partition coefficient (Wildman–Crippen LogP) is 2.55. The molecule has 0 aromatic heterocycles. The van der Waals surface area contributed by atoms with Gasteiger partial charge in [-0.3, -0.25) is 10.1 Å². The number of nitrogens with one attached hydrogen (secondary N) is 2. The second-order valence-corrected chi connectivity index (χ2v) is 5.51. The molecule has 0 atom stereocenters. The normalized spacial score (nSPS) is 14.4. The molecule has 0 radical (unpaired) electrons. The van der Waals surface area contributed by atoms with Gasteiger partial charge in [0.05, 0.1) is 18.1 Å². The van der Waals surface area contributed by atoms with Crippen LogP contribution < -0.4 is 15.8 Å². The van der Waals surface area contributed by atoms with Crippen molar-refractivity contribution >= 4 is 17.1 Å². The number of nitro groups is 1. The molecule has 126 valence electrons. The van der Waals surface area contributed by atoms with Crippen LogP contribution in [0.1, 0.15) is 5.56 Å². The third-order valence-corrected chi connectivity index (χ3v) is 3.92. The minimum Gasteiger partial charge on any atom is -0.378 e. The van der Waals surface area contributed by atoms with Gasteiger partial charge in [0.25, 0.3) is 5.69 Å². The number of benzene rings is 2. The number of nitrogens with zero attached hydrogens (tertiary/aromatic N) is 2. The fourth-order valence-corrected chi connectivity index (χ4v) is 2.67. The summed E-state index contributed by atoms with van der Waals surface area (Å²) in [6, 6.07) is 14.9. The molecule has 24 heavy (non-hydrogen) atoms. The van der Waals surface area contributed by atoms with Crippen molar-refractivity contribution in [2.75, 3.05) is 36.6 Å². The lowest BCUT2D eigenvalue weighted by Gasteiger charge is -2.29. The maximum absolute atomic E-state index is 11.3. The van der Waals surface area contributed by atoms with E-state index in [1.165, 1.54) is 0 Å². The summed E-state index contributed by atoms with van der Waals surface area (Å²) >= 11 is 0. The Morgan fingerprint density at radius 3 is 2.58 bits per heavy atom. The van der Waals surface area contributed by atoms with Crippen molar-refractivity contribution in [3.63, 3.8) is 0 Å². The van der Waals surface area contributed by atoms with Gasteiger partial charge in [0.15, 0.2) is 0 Å². The molecule has 2 aromatic carbocycles. The van der Waals surface area contributed by atoms with Crippen LogP contribution >= 0.6 is 0 Å². The fraction of sp³-hybridized carbons (Fsp3) is 0.294. The summed E-state index contributed by atoms with van der Waals surface area (Å²) in [4.78, 5) is 13.1. The van der Waals surface area contributed by atoms with Crippen molar-refractivity contribution in [1.82, 2.24) is 5.43 Å². The highest BCUT2D eigenvalue weighted by atomic mass is 16.6. The number of nitro benzene ring substituents is 1. The highest BCUT2D eigenvalue weighted by Crippen LogP contribution is 2.25. The molecule has 0 unspecified atom stereocenters. The molecular formula is C17H20N4O3. The van der Waals surface area contributed by atoms with Gasteiger partial charge in [-0.2, -0.15) is 0 Å². The average Bonchev–Trinajstić information content (AvgIpc) is 2.63. The molecule has 1 aliphatic heterocycles. The van der Waals surface area contributed by atoms with Crippen LogP contribution in [0.15, 0.2) is 48.5 Å². The van der Waals surface area contributed by atoms with E-state index >= 15 is 0 Å². The number of hydrazine groups is 1. The second-order valence-electron chi connectivity index (χ2n) is 5.51. The van der Waals surface area contributed by atoms with Crippen LogP contribution in [0.2, 0.25) is 0 Å². The number of hydrogen-bond donors (Lipinski definition) is 2. The van der Waals surface area contributed by atoms with Crippen LogP contribution in [0.3, 0.4) is 0 Å². The van der Waals surface area contributed by atoms with E-state index in [4.69, 9.17) is 4.74 Å². The van der Waals surface area contributed by atoms with Gasteiger partial charge >= 0.3 is 0 Å². The van der Waals surface area contributed by atoms with Crippen LogP contribution in [-0.2, 0) is 11.3 Å². The SMILES string of the molecule is O=[N+]([O-])c1ccc(N2CCOCC2)cc1CNNc1ccccc1. The molecule has 1 fully saturated rings. The molecule has 0 spiro atoms. The van der Waals surface area contributed by atoms with Gasteiger partial charge in [-0.1, -0.05) is 18.2 Å². The smallest absolute Gasteiger partial charge is 0.274 e. The molecule has 0 bridgehead atoms. The van der Waals surface area contributed by atoms with Crippen molar-refractivity contribution in [2.24, 2.45) is 0 Å². The van der Waals surface area contributed by atoms with Crippen LogP contribution in [0.25, 0.3) is 0 Å². The summed E-state index contributed by atoms with van der Waals surface area (Å²) < 4.78 is 5.36. The van der Waals surface area contributed by atoms with E-state index in [1.807, 2.05) is 36.4 Å². The van der Waals surface area contributed by atoms with Gasteiger partial charge in [-0.05, 0) is 24.3 Å². The largest absolute Gasteiger partial charge is 0.378 e. The maximum atomic E-state index is 11.3. The maximum Gasteiger partial charge on any atom is 0.274 e. The van der Waals surface area contributed by atoms with E-state index in [2.05, 4.69) is 15.8 Å². The molecule has 3 rings (SSSR count). The second kappa shape index (κ2) is 7.76. The molecule has 0 aliphatic carbocycles. The highest BCUT2D eigenvalue weighted by molar-refractivity contribution is 5.56. The number of para-hydroxylation sites is 1. The number of rotatable bonds is 6. The molecule has 0 amide bonds. The van der Waals surface area contributed by atoms with Gasteiger partial charge in [0.1, 0.15) is 0 Å². The number of morpholine rings is 1. The Morgan fingerprint density at radius 2 is 1.88 bits per heavy atom. The Labute approximate surface area is 140 Å². The van der Waals surface area contributed by atoms with E-state index in [-0.39, 0.29) is 10.6 Å². The third kappa shape index (κ3) is 4.01. The first-order chi connectivity index (χ1) is 11.7. The first-order valence-electron chi connectivity index (χ1n) is 7.88. The highest BCUT2D eigenvalue weighted by Gasteiger charge is 2.17. The first-order valence-corrected chi connectivity index (χ1v) is 7.88. The van der Waals surface area contributed by atoms with Crippen LogP contribution in [0, 0.1) is 10.1 Å². The summed E-state index contributed by atoms with van der Waals surface area (Å²) in [6.07, 6.45) is 0. The summed E-state index contributed by atoms with van der Waals surface area (Å²) in [5.41, 5.74) is 8.76. The van der Waals surface area contributed by atoms with Crippen molar-refractivity contribution in [1.29, 1.82) is 0 Å². The number of anilines is 2. The van der Waals surface area contributed by atoms with Crippen molar-refractivity contribution in [3.8, 4) is 0 Å². The number of hydrogen-bond acceptors (Lipinski definition) is 6. The lowest BCUT2D eigenvalue weighted by atomic mass is 10.1. The molecule has 2 aromatic rings. The van der Waals surface area contributed by atoms with E-state index < -0.39 is 0 Å². The molecule has 7 heteroatoms. The van der Waals surface area contributed by atoms with E-state index in [9.17, 15) is 10.1 Å². The topological polar surface area (TPSA) is 79.7 Å². The Hall–Kier alpha value is -2.64. The molecule has 1 saturated heterocycles. The zero-order valence-corrected chi connectivity index (χ0v) is 13.3. The summed E-state index contributed by atoms with van der Waals surface area (Å²) in [7, 11) is 0. The first kappa shape index (κ1) is 16.2. The van der Waals surface area contributed by atoms with Crippen molar-refractivity contribution in [3.05, 3.63) is 64.2 Å². The zero-order chi connectivity index (χ0) is 16.8. The van der Waals surface area contributed by atoms with Crippen LogP contribution in [-0.4, -0.2) is 31.2 Å². The molecule has 1 heterocycles. The zero-order valence-electron chi connectivity index (χ0n) is 13.3. The molecule has 1 aliphatic rings. The van der Waals surface area contributed by atoms with Gasteiger partial charge in [-0.15, -0.1) is 0 Å². The van der Waals surface area contributed by atoms with E-state index in [0.717, 1.165) is 24.5 Å². The predicted molar refractivity (Wildman–Crippen MR) is 93.0 cm³/mol. The minimum absolute atomic E-state index is 0.120. The Bertz CT molecular complexity index is 687. The Balaban J connectivity index is 1.72.